The smallest absolute Gasteiger partial charge is 0.245 e. The van der Waals surface area contributed by atoms with Gasteiger partial charge in [-0.15, -0.1) is 0 Å². The lowest BCUT2D eigenvalue weighted by Gasteiger charge is -2.29. The van der Waals surface area contributed by atoms with E-state index in [1.165, 1.54) is 0 Å². The molecule has 2 rings (SSSR count). The van der Waals surface area contributed by atoms with Crippen LogP contribution in [-0.2, 0) is 9.53 Å². The van der Waals surface area contributed by atoms with Crippen molar-refractivity contribution in [3.05, 3.63) is 27.7 Å². The number of carbonyl (C=O) groups is 1. The van der Waals surface area contributed by atoms with Crippen molar-refractivity contribution in [3.8, 4) is 6.07 Å². The Labute approximate surface area is 124 Å². The van der Waals surface area contributed by atoms with Crippen LogP contribution >= 0.6 is 27.5 Å². The highest BCUT2D eigenvalue weighted by atomic mass is 79.9. The van der Waals surface area contributed by atoms with Crippen LogP contribution in [0.1, 0.15) is 12.8 Å². The largest absolute Gasteiger partial charge is 0.381 e. The first-order chi connectivity index (χ1) is 9.07. The number of rotatable bonds is 2. The van der Waals surface area contributed by atoms with Gasteiger partial charge < -0.3 is 10.1 Å². The molecule has 0 atom stereocenters. The summed E-state index contributed by atoms with van der Waals surface area (Å²) in [5, 5.41) is 12.6. The minimum Gasteiger partial charge on any atom is -0.381 e. The Balaban J connectivity index is 2.15. The normalized spacial score (nSPS) is 17.5. The Morgan fingerprint density at radius 3 is 2.74 bits per heavy atom. The van der Waals surface area contributed by atoms with E-state index in [1.807, 2.05) is 0 Å². The van der Waals surface area contributed by atoms with Crippen LogP contribution in [0.2, 0.25) is 5.02 Å². The summed E-state index contributed by atoms with van der Waals surface area (Å²) >= 11 is 9.19. The lowest BCUT2D eigenvalue weighted by Crippen LogP contribution is -2.39. The second-order valence-corrected chi connectivity index (χ2v) is 5.65. The zero-order valence-electron chi connectivity index (χ0n) is 10.1. The number of amides is 1. The molecule has 0 aliphatic carbocycles. The molecular formula is C13H12BrClN2O2. The van der Waals surface area contributed by atoms with Crippen molar-refractivity contribution < 1.29 is 9.53 Å². The SMILES string of the molecule is N#CC1(C(=O)Nc2ccc(Cl)c(Br)c2)CCOCC1. The van der Waals surface area contributed by atoms with E-state index in [0.29, 0.717) is 41.2 Å². The average molecular weight is 344 g/mol. The quantitative estimate of drug-likeness (QED) is 0.895. The predicted molar refractivity (Wildman–Crippen MR) is 75.9 cm³/mol. The fourth-order valence-electron chi connectivity index (χ4n) is 1.93. The number of nitriles is 1. The highest BCUT2D eigenvalue weighted by Gasteiger charge is 2.40. The van der Waals surface area contributed by atoms with Crippen LogP contribution in [0.5, 0.6) is 0 Å². The molecule has 0 unspecified atom stereocenters. The number of carbonyl (C=O) groups excluding carboxylic acids is 1. The molecular weight excluding hydrogens is 332 g/mol. The molecule has 1 aromatic rings. The van der Waals surface area contributed by atoms with Gasteiger partial charge in [0.15, 0.2) is 0 Å². The molecule has 0 aromatic heterocycles. The van der Waals surface area contributed by atoms with Gasteiger partial charge in [0.25, 0.3) is 0 Å². The van der Waals surface area contributed by atoms with Crippen molar-refractivity contribution in [2.24, 2.45) is 5.41 Å². The Morgan fingerprint density at radius 2 is 2.16 bits per heavy atom. The first-order valence-corrected chi connectivity index (χ1v) is 7.00. The Hall–Kier alpha value is -1.09. The van der Waals surface area contributed by atoms with Gasteiger partial charge in [-0.1, -0.05) is 11.6 Å². The predicted octanol–water partition coefficient (Wildman–Crippen LogP) is 3.36. The molecule has 0 bridgehead atoms. The summed E-state index contributed by atoms with van der Waals surface area (Å²) in [6.07, 6.45) is 0.841. The molecule has 100 valence electrons. The molecule has 1 N–H and O–H groups in total. The number of halogens is 2. The van der Waals surface area contributed by atoms with Crippen LogP contribution in [0.15, 0.2) is 22.7 Å². The molecule has 1 heterocycles. The van der Waals surface area contributed by atoms with E-state index in [2.05, 4.69) is 27.3 Å². The molecule has 0 spiro atoms. The van der Waals surface area contributed by atoms with Crippen molar-refractivity contribution in [2.75, 3.05) is 18.5 Å². The topological polar surface area (TPSA) is 62.1 Å². The minimum absolute atomic E-state index is 0.285. The summed E-state index contributed by atoms with van der Waals surface area (Å²) in [6, 6.07) is 7.24. The number of ether oxygens (including phenoxy) is 1. The first-order valence-electron chi connectivity index (χ1n) is 5.83. The summed E-state index contributed by atoms with van der Waals surface area (Å²) in [7, 11) is 0. The second-order valence-electron chi connectivity index (χ2n) is 4.39. The molecule has 4 nitrogen and oxygen atoms in total. The third kappa shape index (κ3) is 3.08. The van der Waals surface area contributed by atoms with Crippen molar-refractivity contribution in [1.82, 2.24) is 0 Å². The zero-order valence-corrected chi connectivity index (χ0v) is 12.4. The molecule has 1 amide bonds. The van der Waals surface area contributed by atoms with Gasteiger partial charge in [-0.25, -0.2) is 0 Å². The summed E-state index contributed by atoms with van der Waals surface area (Å²) in [5.41, 5.74) is -0.382. The van der Waals surface area contributed by atoms with Gasteiger partial charge in [0.1, 0.15) is 5.41 Å². The molecule has 0 saturated carbocycles. The number of hydrogen-bond acceptors (Lipinski definition) is 3. The van der Waals surface area contributed by atoms with E-state index < -0.39 is 5.41 Å². The Kier molecular flexibility index (Phi) is 4.46. The van der Waals surface area contributed by atoms with Gasteiger partial charge in [-0.2, -0.15) is 5.26 Å². The molecule has 6 heteroatoms. The molecule has 1 aliphatic rings. The maximum absolute atomic E-state index is 12.3. The third-order valence-corrected chi connectivity index (χ3v) is 4.39. The number of benzene rings is 1. The van der Waals surface area contributed by atoms with Gasteiger partial charge in [0.05, 0.1) is 11.1 Å². The maximum atomic E-state index is 12.3. The molecule has 19 heavy (non-hydrogen) atoms. The van der Waals surface area contributed by atoms with E-state index >= 15 is 0 Å². The Bertz CT molecular complexity index is 536. The molecule has 1 aliphatic heterocycles. The fraction of sp³-hybridized carbons (Fsp3) is 0.385. The van der Waals surface area contributed by atoms with Gasteiger partial charge in [-0.3, -0.25) is 4.79 Å². The summed E-state index contributed by atoms with van der Waals surface area (Å²) in [5.74, 6) is -0.285. The average Bonchev–Trinajstić information content (AvgIpc) is 2.43. The van der Waals surface area contributed by atoms with Crippen LogP contribution in [0.25, 0.3) is 0 Å². The number of nitrogens with zero attached hydrogens (tertiary/aromatic N) is 1. The highest BCUT2D eigenvalue weighted by Crippen LogP contribution is 2.32. The van der Waals surface area contributed by atoms with Crippen LogP contribution in [0.3, 0.4) is 0 Å². The van der Waals surface area contributed by atoms with Gasteiger partial charge in [-0.05, 0) is 47.0 Å². The molecule has 0 radical (unpaired) electrons. The van der Waals surface area contributed by atoms with Crippen LogP contribution < -0.4 is 5.32 Å². The van der Waals surface area contributed by atoms with Crippen LogP contribution in [0.4, 0.5) is 5.69 Å². The Morgan fingerprint density at radius 1 is 1.47 bits per heavy atom. The number of hydrogen-bond donors (Lipinski definition) is 1. The van der Waals surface area contributed by atoms with E-state index in [0.717, 1.165) is 0 Å². The summed E-state index contributed by atoms with van der Waals surface area (Å²) < 4.78 is 5.90. The van der Waals surface area contributed by atoms with E-state index in [-0.39, 0.29) is 5.91 Å². The third-order valence-electron chi connectivity index (χ3n) is 3.17. The van der Waals surface area contributed by atoms with E-state index in [9.17, 15) is 10.1 Å². The molecule has 1 fully saturated rings. The lowest BCUT2D eigenvalue weighted by atomic mass is 9.81. The molecule has 1 aromatic carbocycles. The van der Waals surface area contributed by atoms with Gasteiger partial charge in [0.2, 0.25) is 5.91 Å². The van der Waals surface area contributed by atoms with Crippen molar-refractivity contribution in [1.29, 1.82) is 5.26 Å². The minimum atomic E-state index is -0.996. The van der Waals surface area contributed by atoms with Gasteiger partial charge >= 0.3 is 0 Å². The highest BCUT2D eigenvalue weighted by molar-refractivity contribution is 9.10. The van der Waals surface area contributed by atoms with E-state index in [1.54, 1.807) is 18.2 Å². The van der Waals surface area contributed by atoms with Crippen LogP contribution in [0, 0.1) is 16.7 Å². The lowest BCUT2D eigenvalue weighted by molar-refractivity contribution is -0.126. The molecule has 1 saturated heterocycles. The monoisotopic (exact) mass is 342 g/mol. The zero-order chi connectivity index (χ0) is 13.9. The van der Waals surface area contributed by atoms with Crippen molar-refractivity contribution in [2.45, 2.75) is 12.8 Å². The van der Waals surface area contributed by atoms with Crippen molar-refractivity contribution >= 4 is 39.1 Å². The van der Waals surface area contributed by atoms with E-state index in [4.69, 9.17) is 16.3 Å². The summed E-state index contributed by atoms with van der Waals surface area (Å²) in [6.45, 7) is 0.872. The second kappa shape index (κ2) is 5.91. The summed E-state index contributed by atoms with van der Waals surface area (Å²) in [4.78, 5) is 12.3. The van der Waals surface area contributed by atoms with Gasteiger partial charge in [0, 0.05) is 23.4 Å². The standard InChI is InChI=1S/C13H12BrClN2O2/c14-10-7-9(1-2-11(10)15)17-12(18)13(8-16)3-5-19-6-4-13/h1-2,7H,3-6H2,(H,17,18). The van der Waals surface area contributed by atoms with Crippen molar-refractivity contribution in [3.63, 3.8) is 0 Å². The maximum Gasteiger partial charge on any atom is 0.245 e. The number of nitrogens with one attached hydrogen (secondary N) is 1. The number of anilines is 1. The first kappa shape index (κ1) is 14.3. The fourth-order valence-corrected chi connectivity index (χ4v) is 2.43. The van der Waals surface area contributed by atoms with Crippen LogP contribution in [-0.4, -0.2) is 19.1 Å².